The minimum atomic E-state index is -0.238. The predicted molar refractivity (Wildman–Crippen MR) is 115 cm³/mol. The molecule has 0 spiro atoms. The van der Waals surface area contributed by atoms with E-state index in [2.05, 4.69) is 10.6 Å². The maximum atomic E-state index is 12.2. The Morgan fingerprint density at radius 2 is 1.72 bits per heavy atom. The second-order valence-electron chi connectivity index (χ2n) is 6.68. The first kappa shape index (κ1) is 22.4. The van der Waals surface area contributed by atoms with Gasteiger partial charge in [0.05, 0.1) is 6.54 Å². The zero-order valence-corrected chi connectivity index (χ0v) is 17.5. The van der Waals surface area contributed by atoms with Crippen LogP contribution in [0, 0.1) is 0 Å². The number of carbonyl (C=O) groups is 3. The van der Waals surface area contributed by atoms with Crippen LogP contribution in [0.2, 0.25) is 5.02 Å². The number of rotatable bonds is 9. The zero-order valence-electron chi connectivity index (χ0n) is 16.7. The van der Waals surface area contributed by atoms with Crippen molar-refractivity contribution in [2.45, 2.75) is 26.2 Å². The molecule has 0 aliphatic carbocycles. The van der Waals surface area contributed by atoms with Crippen molar-refractivity contribution < 1.29 is 14.4 Å². The topological polar surface area (TPSA) is 78.5 Å². The molecule has 2 aromatic rings. The average Bonchev–Trinajstić information content (AvgIpc) is 2.71. The molecule has 0 aromatic heterocycles. The van der Waals surface area contributed by atoms with Gasteiger partial charge in [-0.3, -0.25) is 14.4 Å². The molecule has 2 rings (SSSR count). The number of hydrogen-bond donors (Lipinski definition) is 2. The van der Waals surface area contributed by atoms with Gasteiger partial charge >= 0.3 is 0 Å². The number of nitrogens with zero attached hydrogens (tertiary/aromatic N) is 1. The molecule has 7 heteroatoms. The molecule has 29 heavy (non-hydrogen) atoms. The van der Waals surface area contributed by atoms with Crippen molar-refractivity contribution >= 4 is 35.0 Å². The zero-order chi connectivity index (χ0) is 21.2. The largest absolute Gasteiger partial charge is 0.352 e. The van der Waals surface area contributed by atoms with Gasteiger partial charge in [0.1, 0.15) is 0 Å². The first-order chi connectivity index (χ1) is 13.9. The number of para-hydroxylation sites is 1. The van der Waals surface area contributed by atoms with Crippen molar-refractivity contribution in [1.29, 1.82) is 0 Å². The minimum Gasteiger partial charge on any atom is -0.352 e. The van der Waals surface area contributed by atoms with E-state index >= 15 is 0 Å². The van der Waals surface area contributed by atoms with Crippen LogP contribution >= 0.6 is 11.6 Å². The van der Waals surface area contributed by atoms with Crippen molar-refractivity contribution in [3.63, 3.8) is 0 Å². The van der Waals surface area contributed by atoms with Gasteiger partial charge in [-0.2, -0.15) is 0 Å². The summed E-state index contributed by atoms with van der Waals surface area (Å²) >= 11 is 5.80. The Bertz CT molecular complexity index is 853. The highest BCUT2D eigenvalue weighted by molar-refractivity contribution is 6.30. The number of hydrogen-bond acceptors (Lipinski definition) is 3. The smallest absolute Gasteiger partial charge is 0.251 e. The molecule has 0 unspecified atom stereocenters. The van der Waals surface area contributed by atoms with Gasteiger partial charge in [0.2, 0.25) is 11.8 Å². The lowest BCUT2D eigenvalue weighted by Gasteiger charge is -2.17. The van der Waals surface area contributed by atoms with Gasteiger partial charge in [-0.05, 0) is 48.7 Å². The molecule has 0 fully saturated rings. The molecular weight excluding hydrogens is 390 g/mol. The monoisotopic (exact) mass is 415 g/mol. The van der Waals surface area contributed by atoms with E-state index < -0.39 is 0 Å². The Kier molecular flexibility index (Phi) is 8.68. The number of carbonyl (C=O) groups excluding carboxylic acids is 3. The fourth-order valence-electron chi connectivity index (χ4n) is 2.78. The summed E-state index contributed by atoms with van der Waals surface area (Å²) < 4.78 is 0. The highest BCUT2D eigenvalue weighted by atomic mass is 35.5. The van der Waals surface area contributed by atoms with Gasteiger partial charge in [0.25, 0.3) is 5.91 Å². The van der Waals surface area contributed by atoms with E-state index in [-0.39, 0.29) is 30.7 Å². The van der Waals surface area contributed by atoms with Crippen LogP contribution in [0.25, 0.3) is 0 Å². The Hall–Kier alpha value is -2.86. The van der Waals surface area contributed by atoms with Crippen molar-refractivity contribution in [1.82, 2.24) is 10.2 Å². The summed E-state index contributed by atoms with van der Waals surface area (Å²) in [6.45, 7) is 2.37. The summed E-state index contributed by atoms with van der Waals surface area (Å²) in [6, 6.07) is 14.2. The van der Waals surface area contributed by atoms with E-state index in [1.807, 2.05) is 31.2 Å². The van der Waals surface area contributed by atoms with Crippen LogP contribution < -0.4 is 10.6 Å². The number of anilines is 1. The summed E-state index contributed by atoms with van der Waals surface area (Å²) in [6.07, 6.45) is 1.55. The van der Waals surface area contributed by atoms with Crippen molar-refractivity contribution in [2.24, 2.45) is 0 Å². The second-order valence-corrected chi connectivity index (χ2v) is 7.11. The molecular formula is C22H26ClN3O3. The quantitative estimate of drug-likeness (QED) is 0.615. The first-order valence-corrected chi connectivity index (χ1v) is 9.94. The maximum Gasteiger partial charge on any atom is 0.251 e. The molecule has 0 heterocycles. The lowest BCUT2D eigenvalue weighted by atomic mass is 10.1. The standard InChI is InChI=1S/C22H26ClN3O3/c1-3-16-7-4-5-8-19(16)25-20(27)15-26(2)21(28)9-6-14-24-22(29)17-10-12-18(23)13-11-17/h4-5,7-8,10-13H,3,6,9,14-15H2,1-2H3,(H,24,29)(H,25,27). The molecule has 0 bridgehead atoms. The van der Waals surface area contributed by atoms with Crippen LogP contribution in [-0.2, 0) is 16.0 Å². The average molecular weight is 416 g/mol. The van der Waals surface area contributed by atoms with E-state index in [1.54, 1.807) is 31.3 Å². The normalized spacial score (nSPS) is 10.3. The van der Waals surface area contributed by atoms with Gasteiger partial charge in [-0.15, -0.1) is 0 Å². The fraction of sp³-hybridized carbons (Fsp3) is 0.318. The molecule has 2 aromatic carbocycles. The SMILES string of the molecule is CCc1ccccc1NC(=O)CN(C)C(=O)CCCNC(=O)c1ccc(Cl)cc1. The number of benzene rings is 2. The van der Waals surface area contributed by atoms with Crippen molar-refractivity contribution in [2.75, 3.05) is 25.5 Å². The van der Waals surface area contributed by atoms with E-state index in [0.29, 0.717) is 23.6 Å². The molecule has 0 saturated heterocycles. The lowest BCUT2D eigenvalue weighted by molar-refractivity contribution is -0.133. The number of nitrogens with one attached hydrogen (secondary N) is 2. The Balaban J connectivity index is 1.71. The Morgan fingerprint density at radius 3 is 2.41 bits per heavy atom. The third-order valence-corrected chi connectivity index (χ3v) is 4.69. The molecule has 0 aliphatic heterocycles. The highest BCUT2D eigenvalue weighted by Crippen LogP contribution is 2.15. The van der Waals surface area contributed by atoms with Gasteiger partial charge in [-0.25, -0.2) is 0 Å². The molecule has 0 atom stereocenters. The molecule has 6 nitrogen and oxygen atoms in total. The van der Waals surface area contributed by atoms with E-state index in [9.17, 15) is 14.4 Å². The maximum absolute atomic E-state index is 12.2. The lowest BCUT2D eigenvalue weighted by Crippen LogP contribution is -2.35. The Labute approximate surface area is 176 Å². The van der Waals surface area contributed by atoms with Crippen molar-refractivity contribution in [3.05, 3.63) is 64.7 Å². The van der Waals surface area contributed by atoms with Crippen LogP contribution in [-0.4, -0.2) is 42.8 Å². The number of halogens is 1. The van der Waals surface area contributed by atoms with Crippen LogP contribution in [0.5, 0.6) is 0 Å². The molecule has 154 valence electrons. The molecule has 2 N–H and O–H groups in total. The fourth-order valence-corrected chi connectivity index (χ4v) is 2.91. The van der Waals surface area contributed by atoms with Crippen LogP contribution in [0.1, 0.15) is 35.7 Å². The predicted octanol–water partition coefficient (Wildman–Crippen LogP) is 3.51. The van der Waals surface area contributed by atoms with Gasteiger partial charge < -0.3 is 15.5 Å². The summed E-state index contributed by atoms with van der Waals surface area (Å²) in [7, 11) is 1.60. The van der Waals surface area contributed by atoms with Crippen molar-refractivity contribution in [3.8, 4) is 0 Å². The van der Waals surface area contributed by atoms with Gasteiger partial charge in [0.15, 0.2) is 0 Å². The van der Waals surface area contributed by atoms with Gasteiger partial charge in [-0.1, -0.05) is 36.7 Å². The molecule has 0 aliphatic rings. The summed E-state index contributed by atoms with van der Waals surface area (Å²) in [5.41, 5.74) is 2.33. The Morgan fingerprint density at radius 1 is 1.03 bits per heavy atom. The van der Waals surface area contributed by atoms with Crippen LogP contribution in [0.15, 0.2) is 48.5 Å². The minimum absolute atomic E-state index is 0.0198. The summed E-state index contributed by atoms with van der Waals surface area (Å²) in [5.74, 6) is -0.598. The number of likely N-dealkylation sites (N-methyl/N-ethyl adjacent to an activating group) is 1. The first-order valence-electron chi connectivity index (χ1n) is 9.56. The van der Waals surface area contributed by atoms with E-state index in [4.69, 9.17) is 11.6 Å². The number of amides is 3. The summed E-state index contributed by atoms with van der Waals surface area (Å²) in [4.78, 5) is 37.8. The van der Waals surface area contributed by atoms with E-state index in [0.717, 1.165) is 17.7 Å². The van der Waals surface area contributed by atoms with Crippen LogP contribution in [0.3, 0.4) is 0 Å². The molecule has 0 radical (unpaired) electrons. The third-order valence-electron chi connectivity index (χ3n) is 4.44. The molecule has 3 amide bonds. The molecule has 0 saturated carbocycles. The number of aryl methyl sites for hydroxylation is 1. The highest BCUT2D eigenvalue weighted by Gasteiger charge is 2.14. The second kappa shape index (κ2) is 11.2. The summed E-state index contributed by atoms with van der Waals surface area (Å²) in [5, 5.41) is 6.19. The third kappa shape index (κ3) is 7.23. The van der Waals surface area contributed by atoms with Gasteiger partial charge in [0, 0.05) is 36.3 Å². The van der Waals surface area contributed by atoms with Crippen LogP contribution in [0.4, 0.5) is 5.69 Å². The van der Waals surface area contributed by atoms with E-state index in [1.165, 1.54) is 4.90 Å².